The lowest BCUT2D eigenvalue weighted by Crippen LogP contribution is -2.51. The van der Waals surface area contributed by atoms with Crippen LogP contribution in [0, 0.1) is 5.92 Å². The number of amides is 2. The summed E-state index contributed by atoms with van der Waals surface area (Å²) < 4.78 is 5.38. The molecule has 2 aliphatic heterocycles. The zero-order valence-electron chi connectivity index (χ0n) is 15.9. The molecule has 8 nitrogen and oxygen atoms in total. The number of halogens is 1. The molecule has 5 rings (SSSR count). The van der Waals surface area contributed by atoms with E-state index in [-0.39, 0.29) is 30.1 Å². The summed E-state index contributed by atoms with van der Waals surface area (Å²) in [5.41, 5.74) is 1.54. The fourth-order valence-corrected chi connectivity index (χ4v) is 3.96. The SMILES string of the molecule is O=C(C1CC(=O)N(c2ccc(Cl)cc2)C1)N1CC(c2nc(-c3cccnc3)no2)C1. The molecule has 9 heteroatoms. The molecule has 0 N–H and O–H groups in total. The van der Waals surface area contributed by atoms with Crippen LogP contribution in [-0.4, -0.2) is 51.5 Å². The molecule has 0 saturated carbocycles. The summed E-state index contributed by atoms with van der Waals surface area (Å²) >= 11 is 5.92. The van der Waals surface area contributed by atoms with Crippen LogP contribution in [0.3, 0.4) is 0 Å². The van der Waals surface area contributed by atoms with Gasteiger partial charge in [0.25, 0.3) is 0 Å². The first-order valence-corrected chi connectivity index (χ1v) is 10.0. The van der Waals surface area contributed by atoms with Gasteiger partial charge in [-0.05, 0) is 36.4 Å². The molecule has 2 saturated heterocycles. The molecular formula is C21H18ClN5O3. The number of rotatable bonds is 4. The number of benzene rings is 1. The summed E-state index contributed by atoms with van der Waals surface area (Å²) in [7, 11) is 0. The Hall–Kier alpha value is -3.26. The fraction of sp³-hybridized carbons (Fsp3) is 0.286. The second kappa shape index (κ2) is 7.53. The maximum absolute atomic E-state index is 12.9. The van der Waals surface area contributed by atoms with Gasteiger partial charge in [-0.15, -0.1) is 0 Å². The highest BCUT2D eigenvalue weighted by Crippen LogP contribution is 2.32. The Morgan fingerprint density at radius 3 is 2.67 bits per heavy atom. The smallest absolute Gasteiger partial charge is 0.233 e. The number of hydrogen-bond acceptors (Lipinski definition) is 6. The van der Waals surface area contributed by atoms with Gasteiger partial charge in [0.15, 0.2) is 0 Å². The van der Waals surface area contributed by atoms with Crippen LogP contribution in [0.25, 0.3) is 11.4 Å². The number of pyridine rings is 1. The second-order valence-electron chi connectivity index (χ2n) is 7.52. The van der Waals surface area contributed by atoms with Crippen molar-refractivity contribution in [1.29, 1.82) is 0 Å². The molecule has 2 fully saturated rings. The summed E-state index contributed by atoms with van der Waals surface area (Å²) in [5, 5.41) is 4.61. The molecule has 2 amide bonds. The minimum Gasteiger partial charge on any atom is -0.341 e. The lowest BCUT2D eigenvalue weighted by atomic mass is 9.96. The Kier molecular flexibility index (Phi) is 4.71. The minimum absolute atomic E-state index is 0.0105. The Morgan fingerprint density at radius 1 is 1.13 bits per heavy atom. The molecule has 0 radical (unpaired) electrons. The van der Waals surface area contributed by atoms with E-state index in [1.54, 1.807) is 46.5 Å². The first-order valence-electron chi connectivity index (χ1n) is 9.67. The lowest BCUT2D eigenvalue weighted by molar-refractivity contribution is -0.140. The molecule has 0 spiro atoms. The van der Waals surface area contributed by atoms with E-state index in [4.69, 9.17) is 16.1 Å². The van der Waals surface area contributed by atoms with Crippen molar-refractivity contribution in [3.05, 3.63) is 59.7 Å². The van der Waals surface area contributed by atoms with Crippen molar-refractivity contribution in [3.63, 3.8) is 0 Å². The van der Waals surface area contributed by atoms with Gasteiger partial charge >= 0.3 is 0 Å². The predicted molar refractivity (Wildman–Crippen MR) is 109 cm³/mol. The third kappa shape index (κ3) is 3.43. The van der Waals surface area contributed by atoms with Crippen molar-refractivity contribution < 1.29 is 14.1 Å². The van der Waals surface area contributed by atoms with Gasteiger partial charge in [-0.3, -0.25) is 14.6 Å². The maximum Gasteiger partial charge on any atom is 0.233 e. The lowest BCUT2D eigenvalue weighted by Gasteiger charge is -2.38. The van der Waals surface area contributed by atoms with E-state index in [9.17, 15) is 9.59 Å². The molecular weight excluding hydrogens is 406 g/mol. The predicted octanol–water partition coefficient (Wildman–Crippen LogP) is 2.76. The van der Waals surface area contributed by atoms with E-state index >= 15 is 0 Å². The monoisotopic (exact) mass is 423 g/mol. The van der Waals surface area contributed by atoms with Gasteiger partial charge in [0.1, 0.15) is 0 Å². The molecule has 2 aliphatic rings. The number of anilines is 1. The van der Waals surface area contributed by atoms with Gasteiger partial charge in [-0.2, -0.15) is 4.98 Å². The molecule has 0 bridgehead atoms. The average molecular weight is 424 g/mol. The number of carbonyl (C=O) groups is 2. The van der Waals surface area contributed by atoms with Crippen molar-refractivity contribution in [3.8, 4) is 11.4 Å². The minimum atomic E-state index is -0.345. The van der Waals surface area contributed by atoms with E-state index in [1.165, 1.54) is 0 Å². The van der Waals surface area contributed by atoms with Crippen LogP contribution >= 0.6 is 11.6 Å². The summed E-state index contributed by atoms with van der Waals surface area (Å²) in [6, 6.07) is 10.7. The van der Waals surface area contributed by atoms with Crippen molar-refractivity contribution >= 4 is 29.1 Å². The number of aromatic nitrogens is 3. The van der Waals surface area contributed by atoms with Crippen LogP contribution in [0.1, 0.15) is 18.2 Å². The molecule has 4 heterocycles. The van der Waals surface area contributed by atoms with Gasteiger partial charge in [0.2, 0.25) is 23.5 Å². The van der Waals surface area contributed by atoms with Crippen LogP contribution in [0.4, 0.5) is 5.69 Å². The summed E-state index contributed by atoms with van der Waals surface area (Å²) in [6.07, 6.45) is 3.57. The third-order valence-electron chi connectivity index (χ3n) is 5.52. The van der Waals surface area contributed by atoms with Crippen LogP contribution in [0.5, 0.6) is 0 Å². The van der Waals surface area contributed by atoms with Crippen LogP contribution in [0.15, 0.2) is 53.3 Å². The molecule has 3 aromatic rings. The van der Waals surface area contributed by atoms with Crippen LogP contribution < -0.4 is 4.90 Å². The zero-order chi connectivity index (χ0) is 20.7. The Balaban J connectivity index is 1.20. The summed E-state index contributed by atoms with van der Waals surface area (Å²) in [5.74, 6) is 0.610. The van der Waals surface area contributed by atoms with Gasteiger partial charge in [-0.25, -0.2) is 0 Å². The fourth-order valence-electron chi connectivity index (χ4n) is 3.83. The highest BCUT2D eigenvalue weighted by atomic mass is 35.5. The van der Waals surface area contributed by atoms with E-state index < -0.39 is 0 Å². The van der Waals surface area contributed by atoms with E-state index in [1.807, 2.05) is 12.1 Å². The molecule has 1 unspecified atom stereocenters. The van der Waals surface area contributed by atoms with Gasteiger partial charge in [0.05, 0.1) is 11.8 Å². The van der Waals surface area contributed by atoms with Crippen molar-refractivity contribution in [1.82, 2.24) is 20.0 Å². The summed E-state index contributed by atoms with van der Waals surface area (Å²) in [4.78, 5) is 37.2. The standard InChI is InChI=1S/C21H18ClN5O3/c22-16-3-5-17(6-4-16)27-12-14(8-18(27)28)21(29)26-10-15(11-26)20-24-19(25-30-20)13-2-1-7-23-9-13/h1-7,9,14-15H,8,10-12H2. The average Bonchev–Trinajstić information content (AvgIpc) is 3.35. The molecule has 0 aliphatic carbocycles. The maximum atomic E-state index is 12.9. The first kappa shape index (κ1) is 18.7. The van der Waals surface area contributed by atoms with Crippen molar-refractivity contribution in [2.24, 2.45) is 5.92 Å². The van der Waals surface area contributed by atoms with Crippen LogP contribution in [0.2, 0.25) is 5.02 Å². The first-order chi connectivity index (χ1) is 14.6. The van der Waals surface area contributed by atoms with Gasteiger partial charge in [-0.1, -0.05) is 16.8 Å². The van der Waals surface area contributed by atoms with E-state index in [2.05, 4.69) is 15.1 Å². The molecule has 30 heavy (non-hydrogen) atoms. The molecule has 1 aromatic carbocycles. The Morgan fingerprint density at radius 2 is 1.93 bits per heavy atom. The Bertz CT molecular complexity index is 1080. The highest BCUT2D eigenvalue weighted by Gasteiger charge is 2.42. The number of hydrogen-bond donors (Lipinski definition) is 0. The molecule has 2 aromatic heterocycles. The Labute approximate surface area is 177 Å². The number of nitrogens with zero attached hydrogens (tertiary/aromatic N) is 5. The highest BCUT2D eigenvalue weighted by molar-refractivity contribution is 6.30. The van der Waals surface area contributed by atoms with E-state index in [0.29, 0.717) is 36.4 Å². The van der Waals surface area contributed by atoms with Gasteiger partial charge < -0.3 is 14.3 Å². The van der Waals surface area contributed by atoms with Gasteiger partial charge in [0, 0.05) is 54.7 Å². The topological polar surface area (TPSA) is 92.4 Å². The molecule has 1 atom stereocenters. The van der Waals surface area contributed by atoms with E-state index in [0.717, 1.165) is 11.3 Å². The van der Waals surface area contributed by atoms with Crippen molar-refractivity contribution in [2.45, 2.75) is 12.3 Å². The van der Waals surface area contributed by atoms with Crippen molar-refractivity contribution in [2.75, 3.05) is 24.5 Å². The third-order valence-corrected chi connectivity index (χ3v) is 5.77. The largest absolute Gasteiger partial charge is 0.341 e. The van der Waals surface area contributed by atoms with Crippen LogP contribution in [-0.2, 0) is 9.59 Å². The zero-order valence-corrected chi connectivity index (χ0v) is 16.7. The summed E-state index contributed by atoms with van der Waals surface area (Å²) in [6.45, 7) is 1.41. The number of carbonyl (C=O) groups excluding carboxylic acids is 2. The number of likely N-dealkylation sites (tertiary alicyclic amines) is 1. The second-order valence-corrected chi connectivity index (χ2v) is 7.96. The quantitative estimate of drug-likeness (QED) is 0.640. The molecule has 152 valence electrons. The normalized spacial score (nSPS) is 19.2.